The summed E-state index contributed by atoms with van der Waals surface area (Å²) in [5.41, 5.74) is 9.08. The Labute approximate surface area is 131 Å². The van der Waals surface area contributed by atoms with Gasteiger partial charge in [-0.3, -0.25) is 14.5 Å². The Bertz CT molecular complexity index is 600. The van der Waals surface area contributed by atoms with Crippen LogP contribution in [0, 0.1) is 25.7 Å². The maximum Gasteiger partial charge on any atom is 0.311 e. The molecule has 2 amide bonds. The van der Waals surface area contributed by atoms with E-state index in [9.17, 15) is 9.59 Å². The number of hydrogen-bond donors (Lipinski definition) is 1. The lowest BCUT2D eigenvalue weighted by atomic mass is 10.0. The molecular formula is C17H23N3O2. The lowest BCUT2D eigenvalue weighted by Gasteiger charge is -2.21. The molecule has 0 aromatic heterocycles. The van der Waals surface area contributed by atoms with E-state index in [1.165, 1.54) is 16.7 Å². The van der Waals surface area contributed by atoms with Crippen molar-refractivity contribution in [1.29, 1.82) is 0 Å². The predicted molar refractivity (Wildman–Crippen MR) is 83.9 cm³/mol. The standard InChI is InChI=1S/C17H23N3O2/c1-11-3-4-13(12(2)5-11)6-19-7-14-9-20(10-15(14)8-19)17(22)16(18)21/h3-5,14-15H,6-10H2,1-2H3,(H2,18,21). The van der Waals surface area contributed by atoms with Gasteiger partial charge in [-0.15, -0.1) is 0 Å². The van der Waals surface area contributed by atoms with Gasteiger partial charge in [0.15, 0.2) is 0 Å². The van der Waals surface area contributed by atoms with Crippen LogP contribution in [-0.2, 0) is 16.1 Å². The van der Waals surface area contributed by atoms with Crippen LogP contribution in [-0.4, -0.2) is 47.8 Å². The molecule has 0 radical (unpaired) electrons. The lowest BCUT2D eigenvalue weighted by molar-refractivity contribution is -0.143. The van der Waals surface area contributed by atoms with Gasteiger partial charge in [0, 0.05) is 32.7 Å². The first-order valence-electron chi connectivity index (χ1n) is 7.81. The van der Waals surface area contributed by atoms with Crippen molar-refractivity contribution in [3.63, 3.8) is 0 Å². The minimum atomic E-state index is -0.841. The smallest absolute Gasteiger partial charge is 0.311 e. The van der Waals surface area contributed by atoms with Crippen molar-refractivity contribution in [2.75, 3.05) is 26.2 Å². The Morgan fingerprint density at radius 2 is 1.77 bits per heavy atom. The highest BCUT2D eigenvalue weighted by atomic mass is 16.2. The largest absolute Gasteiger partial charge is 0.361 e. The minimum absolute atomic E-state index is 0.467. The van der Waals surface area contributed by atoms with Crippen molar-refractivity contribution in [2.45, 2.75) is 20.4 Å². The van der Waals surface area contributed by atoms with Gasteiger partial charge in [-0.2, -0.15) is 0 Å². The molecule has 1 aromatic carbocycles. The number of nitrogens with two attached hydrogens (primary N) is 1. The summed E-state index contributed by atoms with van der Waals surface area (Å²) in [5, 5.41) is 0. The highest BCUT2D eigenvalue weighted by Crippen LogP contribution is 2.32. The van der Waals surface area contributed by atoms with Gasteiger partial charge < -0.3 is 10.6 Å². The highest BCUT2D eigenvalue weighted by Gasteiger charge is 2.42. The maximum atomic E-state index is 11.7. The number of rotatable bonds is 2. The molecule has 3 rings (SSSR count). The molecule has 2 unspecified atom stereocenters. The summed E-state index contributed by atoms with van der Waals surface area (Å²) < 4.78 is 0. The highest BCUT2D eigenvalue weighted by molar-refractivity contribution is 6.34. The molecule has 118 valence electrons. The van der Waals surface area contributed by atoms with E-state index in [1.807, 2.05) is 0 Å². The Kier molecular flexibility index (Phi) is 3.91. The number of fused-ring (bicyclic) bond motifs is 1. The van der Waals surface area contributed by atoms with E-state index >= 15 is 0 Å². The molecule has 2 atom stereocenters. The van der Waals surface area contributed by atoms with E-state index in [4.69, 9.17) is 5.73 Å². The maximum absolute atomic E-state index is 11.7. The first-order valence-corrected chi connectivity index (χ1v) is 7.81. The lowest BCUT2D eigenvalue weighted by Crippen LogP contribution is -2.40. The zero-order chi connectivity index (χ0) is 15.9. The monoisotopic (exact) mass is 301 g/mol. The minimum Gasteiger partial charge on any atom is -0.361 e. The van der Waals surface area contributed by atoms with E-state index in [-0.39, 0.29) is 0 Å². The number of likely N-dealkylation sites (tertiary alicyclic amines) is 2. The second kappa shape index (κ2) is 5.72. The molecule has 2 N–H and O–H groups in total. The van der Waals surface area contributed by atoms with Gasteiger partial charge in [0.2, 0.25) is 0 Å². The van der Waals surface area contributed by atoms with Crippen LogP contribution in [0.1, 0.15) is 16.7 Å². The van der Waals surface area contributed by atoms with Crippen LogP contribution in [0.2, 0.25) is 0 Å². The second-order valence-corrected chi connectivity index (χ2v) is 6.72. The first-order chi connectivity index (χ1) is 10.4. The molecule has 2 saturated heterocycles. The second-order valence-electron chi connectivity index (χ2n) is 6.72. The summed E-state index contributed by atoms with van der Waals surface area (Å²) in [7, 11) is 0. The fourth-order valence-corrected chi connectivity index (χ4v) is 3.81. The third-order valence-electron chi connectivity index (χ3n) is 4.95. The van der Waals surface area contributed by atoms with E-state index in [1.54, 1.807) is 4.90 Å². The van der Waals surface area contributed by atoms with E-state index in [0.717, 1.165) is 19.6 Å². The third-order valence-corrected chi connectivity index (χ3v) is 4.95. The van der Waals surface area contributed by atoms with Gasteiger partial charge in [0.1, 0.15) is 0 Å². The van der Waals surface area contributed by atoms with Crippen molar-refractivity contribution in [3.05, 3.63) is 34.9 Å². The summed E-state index contributed by atoms with van der Waals surface area (Å²) in [6.45, 7) is 8.53. The molecule has 0 spiro atoms. The van der Waals surface area contributed by atoms with Crippen LogP contribution in [0.15, 0.2) is 18.2 Å². The summed E-state index contributed by atoms with van der Waals surface area (Å²) in [5.74, 6) is -0.439. The predicted octanol–water partition coefficient (Wildman–Crippen LogP) is 0.679. The zero-order valence-electron chi connectivity index (χ0n) is 13.2. The van der Waals surface area contributed by atoms with Crippen LogP contribution in [0.4, 0.5) is 0 Å². The van der Waals surface area contributed by atoms with Gasteiger partial charge >= 0.3 is 11.8 Å². The summed E-state index contributed by atoms with van der Waals surface area (Å²) in [6, 6.07) is 6.59. The topological polar surface area (TPSA) is 66.6 Å². The summed E-state index contributed by atoms with van der Waals surface area (Å²) >= 11 is 0. The summed E-state index contributed by atoms with van der Waals surface area (Å²) in [6.07, 6.45) is 0. The number of nitrogens with zero attached hydrogens (tertiary/aromatic N) is 2. The van der Waals surface area contributed by atoms with Crippen LogP contribution < -0.4 is 5.73 Å². The molecule has 2 aliphatic heterocycles. The molecule has 22 heavy (non-hydrogen) atoms. The number of primary amides is 1. The van der Waals surface area contributed by atoms with Crippen molar-refractivity contribution >= 4 is 11.8 Å². The van der Waals surface area contributed by atoms with Gasteiger partial charge in [0.25, 0.3) is 0 Å². The van der Waals surface area contributed by atoms with Crippen LogP contribution in [0.25, 0.3) is 0 Å². The van der Waals surface area contributed by atoms with Gasteiger partial charge in [-0.05, 0) is 36.8 Å². The fourth-order valence-electron chi connectivity index (χ4n) is 3.81. The van der Waals surface area contributed by atoms with Crippen molar-refractivity contribution in [1.82, 2.24) is 9.80 Å². The number of aryl methyl sites for hydroxylation is 2. The van der Waals surface area contributed by atoms with E-state index < -0.39 is 11.8 Å². The SMILES string of the molecule is Cc1ccc(CN2CC3CN(C(=O)C(N)=O)CC3C2)c(C)c1. The average molecular weight is 301 g/mol. The number of carbonyl (C=O) groups is 2. The average Bonchev–Trinajstić information content (AvgIpc) is 2.99. The van der Waals surface area contributed by atoms with E-state index in [0.29, 0.717) is 24.9 Å². The summed E-state index contributed by atoms with van der Waals surface area (Å²) in [4.78, 5) is 26.7. The molecule has 5 nitrogen and oxygen atoms in total. The van der Waals surface area contributed by atoms with Gasteiger partial charge in [-0.1, -0.05) is 23.8 Å². The first kappa shape index (κ1) is 15.0. The Morgan fingerprint density at radius 1 is 1.14 bits per heavy atom. The quantitative estimate of drug-likeness (QED) is 0.817. The molecule has 2 fully saturated rings. The third kappa shape index (κ3) is 2.86. The fraction of sp³-hybridized carbons (Fsp3) is 0.529. The molecule has 0 bridgehead atoms. The van der Waals surface area contributed by atoms with Gasteiger partial charge in [-0.25, -0.2) is 0 Å². The van der Waals surface area contributed by atoms with Crippen molar-refractivity contribution in [2.24, 2.45) is 17.6 Å². The Morgan fingerprint density at radius 3 is 2.32 bits per heavy atom. The van der Waals surface area contributed by atoms with Crippen molar-refractivity contribution in [3.8, 4) is 0 Å². The molecule has 5 heteroatoms. The molecule has 0 saturated carbocycles. The molecule has 2 aliphatic rings. The number of amides is 2. The van der Waals surface area contributed by atoms with Crippen LogP contribution in [0.3, 0.4) is 0 Å². The van der Waals surface area contributed by atoms with Crippen molar-refractivity contribution < 1.29 is 9.59 Å². The number of carbonyl (C=O) groups excluding carboxylic acids is 2. The molecular weight excluding hydrogens is 278 g/mol. The molecule has 2 heterocycles. The molecule has 1 aromatic rings. The zero-order valence-corrected chi connectivity index (χ0v) is 13.2. The normalized spacial score (nSPS) is 24.5. The van der Waals surface area contributed by atoms with Crippen LogP contribution >= 0.6 is 0 Å². The van der Waals surface area contributed by atoms with E-state index in [2.05, 4.69) is 36.9 Å². The van der Waals surface area contributed by atoms with Gasteiger partial charge in [0.05, 0.1) is 0 Å². The number of benzene rings is 1. The number of hydrogen-bond acceptors (Lipinski definition) is 3. The Hall–Kier alpha value is -1.88. The van der Waals surface area contributed by atoms with Crippen LogP contribution in [0.5, 0.6) is 0 Å². The Balaban J connectivity index is 1.59. The molecule has 0 aliphatic carbocycles.